The van der Waals surface area contributed by atoms with Crippen molar-refractivity contribution in [1.82, 2.24) is 0 Å². The molecule has 110 valence electrons. The fourth-order valence-corrected chi connectivity index (χ4v) is 1.90. The van der Waals surface area contributed by atoms with E-state index in [4.69, 9.17) is 0 Å². The smallest absolute Gasteiger partial charge is 0.269 e. The zero-order chi connectivity index (χ0) is 15.6. The average molecular weight is 290 g/mol. The van der Waals surface area contributed by atoms with Crippen molar-refractivity contribution < 1.29 is 20.2 Å². The third-order valence-corrected chi connectivity index (χ3v) is 3.10. The summed E-state index contributed by atoms with van der Waals surface area (Å²) in [7, 11) is 0. The summed E-state index contributed by atoms with van der Waals surface area (Å²) >= 11 is 0. The first-order chi connectivity index (χ1) is 9.90. The zero-order valence-electron chi connectivity index (χ0n) is 11.2. The normalized spacial score (nSPS) is 10.3. The number of phenolic OH excluding ortho intramolecular Hbond substituents is 3. The van der Waals surface area contributed by atoms with Crippen LogP contribution in [0.2, 0.25) is 0 Å². The molecule has 4 N–H and O–H groups in total. The van der Waals surface area contributed by atoms with Crippen LogP contribution in [0.15, 0.2) is 30.3 Å². The first kappa shape index (κ1) is 14.4. The molecule has 0 amide bonds. The lowest BCUT2D eigenvalue weighted by atomic mass is 10.1. The Balaban J connectivity index is 2.17. The summed E-state index contributed by atoms with van der Waals surface area (Å²) in [6.45, 7) is 1.92. The number of aryl methyl sites for hydroxylation is 1. The zero-order valence-corrected chi connectivity index (χ0v) is 11.2. The number of nitro groups is 1. The Morgan fingerprint density at radius 3 is 2.48 bits per heavy atom. The molecule has 0 aliphatic heterocycles. The summed E-state index contributed by atoms with van der Waals surface area (Å²) in [6.07, 6.45) is 0. The maximum absolute atomic E-state index is 10.7. The summed E-state index contributed by atoms with van der Waals surface area (Å²) in [6, 6.07) is 7.14. The minimum Gasteiger partial charge on any atom is -0.504 e. The van der Waals surface area contributed by atoms with Crippen LogP contribution in [0.4, 0.5) is 11.4 Å². The molecule has 0 atom stereocenters. The van der Waals surface area contributed by atoms with Crippen molar-refractivity contribution in [2.45, 2.75) is 13.5 Å². The average Bonchev–Trinajstić information content (AvgIpc) is 2.45. The molecule has 0 aromatic heterocycles. The van der Waals surface area contributed by atoms with E-state index in [1.54, 1.807) is 13.0 Å². The maximum Gasteiger partial charge on any atom is 0.269 e. The van der Waals surface area contributed by atoms with Crippen molar-refractivity contribution in [2.75, 3.05) is 5.32 Å². The molecule has 0 heterocycles. The van der Waals surface area contributed by atoms with Crippen molar-refractivity contribution >= 4 is 11.4 Å². The van der Waals surface area contributed by atoms with Gasteiger partial charge >= 0.3 is 0 Å². The lowest BCUT2D eigenvalue weighted by Gasteiger charge is -2.11. The number of rotatable bonds is 4. The van der Waals surface area contributed by atoms with Crippen LogP contribution in [-0.4, -0.2) is 20.2 Å². The van der Waals surface area contributed by atoms with Crippen molar-refractivity contribution in [1.29, 1.82) is 0 Å². The summed E-state index contributed by atoms with van der Waals surface area (Å²) in [5.41, 5.74) is 1.76. The minimum atomic E-state index is -0.574. The van der Waals surface area contributed by atoms with E-state index in [1.807, 2.05) is 0 Å². The van der Waals surface area contributed by atoms with Gasteiger partial charge in [0.15, 0.2) is 11.5 Å². The van der Waals surface area contributed by atoms with Crippen LogP contribution in [0.3, 0.4) is 0 Å². The molecular formula is C14H14N2O5. The molecule has 0 spiro atoms. The van der Waals surface area contributed by atoms with E-state index in [-0.39, 0.29) is 12.2 Å². The van der Waals surface area contributed by atoms with E-state index >= 15 is 0 Å². The molecule has 2 aromatic rings. The van der Waals surface area contributed by atoms with Crippen molar-refractivity contribution in [2.24, 2.45) is 0 Å². The quantitative estimate of drug-likeness (QED) is 0.391. The predicted molar refractivity (Wildman–Crippen MR) is 76.6 cm³/mol. The van der Waals surface area contributed by atoms with Crippen LogP contribution >= 0.6 is 0 Å². The van der Waals surface area contributed by atoms with Gasteiger partial charge in [0, 0.05) is 29.9 Å². The number of phenols is 3. The van der Waals surface area contributed by atoms with Gasteiger partial charge in [0.1, 0.15) is 0 Å². The first-order valence-corrected chi connectivity index (χ1v) is 6.12. The number of non-ortho nitro benzene ring substituents is 1. The SMILES string of the molecule is Cc1cc([N+](=O)[O-])ccc1NCc1ccc(O)c(O)c1O. The number of hydrogen-bond acceptors (Lipinski definition) is 6. The largest absolute Gasteiger partial charge is 0.504 e. The molecule has 0 aliphatic rings. The summed E-state index contributed by atoms with van der Waals surface area (Å²) in [4.78, 5) is 10.2. The second kappa shape index (κ2) is 5.58. The highest BCUT2D eigenvalue weighted by Crippen LogP contribution is 2.37. The van der Waals surface area contributed by atoms with Gasteiger partial charge in [0.25, 0.3) is 5.69 Å². The van der Waals surface area contributed by atoms with Gasteiger partial charge in [-0.05, 0) is 30.7 Å². The first-order valence-electron chi connectivity index (χ1n) is 6.12. The fraction of sp³-hybridized carbons (Fsp3) is 0.143. The van der Waals surface area contributed by atoms with Gasteiger partial charge in [-0.3, -0.25) is 10.1 Å². The summed E-state index contributed by atoms with van der Waals surface area (Å²) < 4.78 is 0. The Labute approximate surface area is 120 Å². The summed E-state index contributed by atoms with van der Waals surface area (Å²) in [5, 5.41) is 42.0. The van der Waals surface area contributed by atoms with Crippen molar-refractivity contribution in [3.05, 3.63) is 51.6 Å². The molecule has 7 heteroatoms. The van der Waals surface area contributed by atoms with Gasteiger partial charge in [-0.1, -0.05) is 0 Å². The van der Waals surface area contributed by atoms with E-state index in [0.29, 0.717) is 16.8 Å². The van der Waals surface area contributed by atoms with Crippen LogP contribution in [0.25, 0.3) is 0 Å². The number of hydrogen-bond donors (Lipinski definition) is 4. The molecule has 0 unspecified atom stereocenters. The Hall–Kier alpha value is -2.96. The Kier molecular flexibility index (Phi) is 3.84. The molecule has 0 fully saturated rings. The van der Waals surface area contributed by atoms with Gasteiger partial charge in [0.05, 0.1) is 4.92 Å². The van der Waals surface area contributed by atoms with E-state index < -0.39 is 22.2 Å². The molecular weight excluding hydrogens is 276 g/mol. The molecule has 21 heavy (non-hydrogen) atoms. The Bertz CT molecular complexity index is 700. The number of benzene rings is 2. The minimum absolute atomic E-state index is 0.00294. The summed E-state index contributed by atoms with van der Waals surface area (Å²) in [5.74, 6) is -1.38. The molecule has 2 aromatic carbocycles. The van der Waals surface area contributed by atoms with Crippen molar-refractivity contribution in [3.63, 3.8) is 0 Å². The van der Waals surface area contributed by atoms with Crippen LogP contribution in [0.1, 0.15) is 11.1 Å². The second-order valence-electron chi connectivity index (χ2n) is 4.55. The molecule has 0 bridgehead atoms. The lowest BCUT2D eigenvalue weighted by Crippen LogP contribution is -2.02. The number of anilines is 1. The Morgan fingerprint density at radius 2 is 1.86 bits per heavy atom. The van der Waals surface area contributed by atoms with Crippen LogP contribution < -0.4 is 5.32 Å². The van der Waals surface area contributed by atoms with E-state index in [1.165, 1.54) is 24.3 Å². The van der Waals surface area contributed by atoms with E-state index in [0.717, 1.165) is 0 Å². The maximum atomic E-state index is 10.7. The number of aromatic hydroxyl groups is 3. The van der Waals surface area contributed by atoms with Crippen molar-refractivity contribution in [3.8, 4) is 17.2 Å². The fourth-order valence-electron chi connectivity index (χ4n) is 1.90. The molecule has 0 saturated heterocycles. The van der Waals surface area contributed by atoms with Gasteiger partial charge in [0.2, 0.25) is 5.75 Å². The van der Waals surface area contributed by atoms with Crippen LogP contribution in [0.5, 0.6) is 17.2 Å². The number of nitrogens with zero attached hydrogens (tertiary/aromatic N) is 1. The monoisotopic (exact) mass is 290 g/mol. The van der Waals surface area contributed by atoms with Gasteiger partial charge in [-0.2, -0.15) is 0 Å². The highest BCUT2D eigenvalue weighted by atomic mass is 16.6. The highest BCUT2D eigenvalue weighted by molar-refractivity contribution is 5.58. The predicted octanol–water partition coefficient (Wildman–Crippen LogP) is 2.63. The number of nitrogens with one attached hydrogen (secondary N) is 1. The molecule has 0 aliphatic carbocycles. The van der Waals surface area contributed by atoms with E-state index in [9.17, 15) is 25.4 Å². The van der Waals surface area contributed by atoms with E-state index in [2.05, 4.69) is 5.32 Å². The lowest BCUT2D eigenvalue weighted by molar-refractivity contribution is -0.384. The topological polar surface area (TPSA) is 116 Å². The molecule has 0 saturated carbocycles. The van der Waals surface area contributed by atoms with Crippen LogP contribution in [-0.2, 0) is 6.54 Å². The highest BCUT2D eigenvalue weighted by Gasteiger charge is 2.12. The molecule has 2 rings (SSSR count). The molecule has 7 nitrogen and oxygen atoms in total. The standard InChI is InChI=1S/C14H14N2O5/c1-8-6-10(16(20)21)3-4-11(8)15-7-9-2-5-12(17)14(19)13(9)18/h2-6,15,17-19H,7H2,1H3. The van der Waals surface area contributed by atoms with Gasteiger partial charge in [-0.15, -0.1) is 0 Å². The third-order valence-electron chi connectivity index (χ3n) is 3.10. The Morgan fingerprint density at radius 1 is 1.14 bits per heavy atom. The molecule has 0 radical (unpaired) electrons. The third kappa shape index (κ3) is 2.97. The number of nitro benzene ring substituents is 1. The second-order valence-corrected chi connectivity index (χ2v) is 4.55. The van der Waals surface area contributed by atoms with Crippen LogP contribution in [0, 0.1) is 17.0 Å². The van der Waals surface area contributed by atoms with Gasteiger partial charge < -0.3 is 20.6 Å². The van der Waals surface area contributed by atoms with Gasteiger partial charge in [-0.25, -0.2) is 0 Å².